The summed E-state index contributed by atoms with van der Waals surface area (Å²) in [5.74, 6) is 0. The number of hydrogen-bond donors (Lipinski definition) is 0. The first kappa shape index (κ1) is 18.8. The van der Waals surface area contributed by atoms with Crippen LogP contribution in [0.4, 0.5) is 5.69 Å². The van der Waals surface area contributed by atoms with Crippen LogP contribution < -0.4 is 0 Å². The van der Waals surface area contributed by atoms with E-state index >= 15 is 0 Å². The number of benzene rings is 4. The lowest BCUT2D eigenvalue weighted by Gasteiger charge is -2.14. The SMILES string of the molecule is Cc1cc2ccccc2cc1-c1ccccc1S(=O)(=O)c1ccc([N+](=O)[O-])cc1. The number of nitrogens with zero attached hydrogens (tertiary/aromatic N) is 1. The number of rotatable bonds is 4. The summed E-state index contributed by atoms with van der Waals surface area (Å²) >= 11 is 0. The van der Waals surface area contributed by atoms with E-state index in [9.17, 15) is 18.5 Å². The molecule has 29 heavy (non-hydrogen) atoms. The minimum atomic E-state index is -3.85. The van der Waals surface area contributed by atoms with Crippen molar-refractivity contribution in [3.8, 4) is 11.1 Å². The molecule has 0 spiro atoms. The quantitative estimate of drug-likeness (QED) is 0.330. The lowest BCUT2D eigenvalue weighted by Crippen LogP contribution is -2.04. The lowest BCUT2D eigenvalue weighted by molar-refractivity contribution is -0.384. The Morgan fingerprint density at radius 2 is 1.34 bits per heavy atom. The molecule has 0 saturated heterocycles. The molecule has 0 bridgehead atoms. The monoisotopic (exact) mass is 403 g/mol. The first-order chi connectivity index (χ1) is 13.9. The molecule has 4 rings (SSSR count). The van der Waals surface area contributed by atoms with Crippen molar-refractivity contribution in [1.82, 2.24) is 0 Å². The van der Waals surface area contributed by atoms with Gasteiger partial charge in [-0.25, -0.2) is 8.42 Å². The average molecular weight is 403 g/mol. The van der Waals surface area contributed by atoms with Gasteiger partial charge in [0, 0.05) is 17.7 Å². The van der Waals surface area contributed by atoms with Gasteiger partial charge in [0.25, 0.3) is 5.69 Å². The molecule has 0 aliphatic rings. The third kappa shape index (κ3) is 3.39. The zero-order valence-electron chi connectivity index (χ0n) is 15.6. The standard InChI is InChI=1S/C23H17NO4S/c1-16-14-17-6-2-3-7-18(17)15-22(16)21-8-4-5-9-23(21)29(27,28)20-12-10-19(11-13-20)24(25)26/h2-15H,1H3. The number of non-ortho nitro benzene ring substituents is 1. The van der Waals surface area contributed by atoms with E-state index in [4.69, 9.17) is 0 Å². The van der Waals surface area contributed by atoms with Crippen LogP contribution in [0, 0.1) is 17.0 Å². The number of sulfone groups is 1. The molecule has 0 aliphatic heterocycles. The summed E-state index contributed by atoms with van der Waals surface area (Å²) in [6.45, 7) is 1.96. The summed E-state index contributed by atoms with van der Waals surface area (Å²) in [6.07, 6.45) is 0. The van der Waals surface area contributed by atoms with Gasteiger partial charge in [0.15, 0.2) is 0 Å². The highest BCUT2D eigenvalue weighted by molar-refractivity contribution is 7.91. The van der Waals surface area contributed by atoms with Gasteiger partial charge in [-0.05, 0) is 53.1 Å². The highest BCUT2D eigenvalue weighted by Gasteiger charge is 2.23. The maximum absolute atomic E-state index is 13.3. The van der Waals surface area contributed by atoms with Crippen molar-refractivity contribution >= 4 is 26.3 Å². The Hall–Kier alpha value is -3.51. The van der Waals surface area contributed by atoms with E-state index in [0.29, 0.717) is 5.56 Å². The first-order valence-electron chi connectivity index (χ1n) is 8.96. The maximum atomic E-state index is 13.3. The van der Waals surface area contributed by atoms with Crippen molar-refractivity contribution in [3.63, 3.8) is 0 Å². The smallest absolute Gasteiger partial charge is 0.258 e. The second-order valence-electron chi connectivity index (χ2n) is 6.76. The zero-order valence-corrected chi connectivity index (χ0v) is 16.4. The van der Waals surface area contributed by atoms with Crippen LogP contribution in [-0.2, 0) is 9.84 Å². The van der Waals surface area contributed by atoms with Crippen LogP contribution in [-0.4, -0.2) is 13.3 Å². The van der Waals surface area contributed by atoms with E-state index in [-0.39, 0.29) is 15.5 Å². The Bertz CT molecular complexity index is 1340. The summed E-state index contributed by atoms with van der Waals surface area (Å²) < 4.78 is 26.6. The molecule has 0 N–H and O–H groups in total. The summed E-state index contributed by atoms with van der Waals surface area (Å²) in [5, 5.41) is 13.0. The lowest BCUT2D eigenvalue weighted by atomic mass is 9.96. The first-order valence-corrected chi connectivity index (χ1v) is 10.4. The van der Waals surface area contributed by atoms with Gasteiger partial charge in [0.1, 0.15) is 0 Å². The molecule has 4 aromatic carbocycles. The van der Waals surface area contributed by atoms with Gasteiger partial charge in [-0.1, -0.05) is 48.5 Å². The predicted molar refractivity (Wildman–Crippen MR) is 113 cm³/mol. The average Bonchev–Trinajstić information content (AvgIpc) is 2.73. The fourth-order valence-electron chi connectivity index (χ4n) is 3.44. The molecule has 0 saturated carbocycles. The molecule has 0 fully saturated rings. The van der Waals surface area contributed by atoms with E-state index in [2.05, 4.69) is 0 Å². The Morgan fingerprint density at radius 1 is 0.759 bits per heavy atom. The predicted octanol–water partition coefficient (Wildman–Crippen LogP) is 5.56. The normalized spacial score (nSPS) is 11.5. The largest absolute Gasteiger partial charge is 0.269 e. The molecular formula is C23H17NO4S. The molecule has 4 aromatic rings. The van der Waals surface area contributed by atoms with E-state index < -0.39 is 14.8 Å². The Balaban J connectivity index is 1.89. The van der Waals surface area contributed by atoms with Gasteiger partial charge < -0.3 is 0 Å². The van der Waals surface area contributed by atoms with Crippen LogP contribution in [0.1, 0.15) is 5.56 Å². The van der Waals surface area contributed by atoms with Gasteiger partial charge in [0.05, 0.1) is 14.7 Å². The summed E-state index contributed by atoms with van der Waals surface area (Å²) in [4.78, 5) is 10.5. The van der Waals surface area contributed by atoms with E-state index in [1.807, 2.05) is 43.3 Å². The van der Waals surface area contributed by atoms with Crippen molar-refractivity contribution in [1.29, 1.82) is 0 Å². The number of hydrogen-bond acceptors (Lipinski definition) is 4. The van der Waals surface area contributed by atoms with Gasteiger partial charge >= 0.3 is 0 Å². The van der Waals surface area contributed by atoms with Gasteiger partial charge in [-0.15, -0.1) is 0 Å². The summed E-state index contributed by atoms with van der Waals surface area (Å²) in [7, 11) is -3.85. The minimum Gasteiger partial charge on any atom is -0.258 e. The van der Waals surface area contributed by atoms with E-state index in [1.165, 1.54) is 24.3 Å². The summed E-state index contributed by atoms with van der Waals surface area (Å²) in [5.41, 5.74) is 2.26. The molecule has 0 atom stereocenters. The number of nitro groups is 1. The highest BCUT2D eigenvalue weighted by Crippen LogP contribution is 2.35. The van der Waals surface area contributed by atoms with Gasteiger partial charge in [-0.3, -0.25) is 10.1 Å². The van der Waals surface area contributed by atoms with Crippen LogP contribution in [0.3, 0.4) is 0 Å². The summed E-state index contributed by atoms with van der Waals surface area (Å²) in [6, 6.07) is 23.8. The van der Waals surface area contributed by atoms with Crippen molar-refractivity contribution in [3.05, 3.63) is 101 Å². The Kier molecular flexibility index (Phi) is 4.64. The van der Waals surface area contributed by atoms with Crippen LogP contribution >= 0.6 is 0 Å². The molecule has 0 unspecified atom stereocenters. The second kappa shape index (κ2) is 7.14. The van der Waals surface area contributed by atoms with Crippen molar-refractivity contribution < 1.29 is 13.3 Å². The fourth-order valence-corrected chi connectivity index (χ4v) is 4.92. The van der Waals surface area contributed by atoms with Crippen LogP contribution in [0.2, 0.25) is 0 Å². The van der Waals surface area contributed by atoms with Gasteiger partial charge in [0.2, 0.25) is 9.84 Å². The fraction of sp³-hybridized carbons (Fsp3) is 0.0435. The second-order valence-corrected chi connectivity index (χ2v) is 8.68. The van der Waals surface area contributed by atoms with E-state index in [0.717, 1.165) is 21.9 Å². The molecule has 0 aromatic heterocycles. The number of fused-ring (bicyclic) bond motifs is 1. The Labute approximate surface area is 168 Å². The maximum Gasteiger partial charge on any atom is 0.269 e. The molecule has 5 nitrogen and oxygen atoms in total. The van der Waals surface area contributed by atoms with Crippen LogP contribution in [0.25, 0.3) is 21.9 Å². The number of nitro benzene ring substituents is 1. The van der Waals surface area contributed by atoms with Gasteiger partial charge in [-0.2, -0.15) is 0 Å². The molecule has 6 heteroatoms. The van der Waals surface area contributed by atoms with Crippen molar-refractivity contribution in [2.75, 3.05) is 0 Å². The number of aryl methyl sites for hydroxylation is 1. The van der Waals surface area contributed by atoms with Crippen molar-refractivity contribution in [2.24, 2.45) is 0 Å². The molecule has 0 radical (unpaired) electrons. The molecule has 0 amide bonds. The third-order valence-corrected chi connectivity index (χ3v) is 6.75. The van der Waals surface area contributed by atoms with E-state index in [1.54, 1.807) is 24.3 Å². The van der Waals surface area contributed by atoms with Crippen molar-refractivity contribution in [2.45, 2.75) is 16.7 Å². The molecular weight excluding hydrogens is 386 g/mol. The highest BCUT2D eigenvalue weighted by atomic mass is 32.2. The third-order valence-electron chi connectivity index (χ3n) is 4.92. The van der Waals surface area contributed by atoms with Crippen LogP contribution in [0.5, 0.6) is 0 Å². The Morgan fingerprint density at radius 3 is 2.00 bits per heavy atom. The molecule has 0 aliphatic carbocycles. The zero-order chi connectivity index (χ0) is 20.6. The molecule has 144 valence electrons. The topological polar surface area (TPSA) is 77.3 Å². The minimum absolute atomic E-state index is 0.0222. The molecule has 0 heterocycles. The van der Waals surface area contributed by atoms with Crippen LogP contribution in [0.15, 0.2) is 94.7 Å².